The second-order valence-electron chi connectivity index (χ2n) is 18.5. The van der Waals surface area contributed by atoms with Gasteiger partial charge in [-0.15, -0.1) is 0 Å². The summed E-state index contributed by atoms with van der Waals surface area (Å²) in [6.07, 6.45) is 11.9. The van der Waals surface area contributed by atoms with Crippen LogP contribution in [-0.2, 0) is 13.9 Å². The van der Waals surface area contributed by atoms with Gasteiger partial charge in [-0.25, -0.2) is 8.78 Å². The van der Waals surface area contributed by atoms with Gasteiger partial charge in [0, 0.05) is 88.7 Å². The Kier molecular flexibility index (Phi) is 21.4. The van der Waals surface area contributed by atoms with Gasteiger partial charge in [0.15, 0.2) is 0 Å². The van der Waals surface area contributed by atoms with E-state index in [1.807, 2.05) is 48.5 Å². The third-order valence-corrected chi connectivity index (χ3v) is 22.9. The van der Waals surface area contributed by atoms with Crippen molar-refractivity contribution in [2.75, 3.05) is 0 Å². The number of hydrogen-bond donors (Lipinski definition) is 1. The molecule has 0 saturated heterocycles. The predicted molar refractivity (Wildman–Crippen MR) is 253 cm³/mol. The van der Waals surface area contributed by atoms with E-state index in [2.05, 4.69) is 24.3 Å². The molecule has 1 radical (unpaired) electrons. The molecule has 8 rings (SSSR count). The van der Waals surface area contributed by atoms with Crippen molar-refractivity contribution < 1.29 is 104 Å². The molecule has 0 unspecified atom stereocenters. The van der Waals surface area contributed by atoms with E-state index in [4.69, 9.17) is 5.11 Å². The van der Waals surface area contributed by atoms with Crippen LogP contribution in [0.25, 0.3) is 22.3 Å². The van der Waals surface area contributed by atoms with Crippen molar-refractivity contribution in [3.63, 3.8) is 0 Å². The van der Waals surface area contributed by atoms with E-state index >= 15 is 0 Å². The summed E-state index contributed by atoms with van der Waals surface area (Å²) in [7, 11) is -5.06. The molecule has 1 N–H and O–H groups in total. The average molecular weight is 1130 g/mol. The van der Waals surface area contributed by atoms with Crippen LogP contribution in [-0.4, -0.2) is 45.9 Å². The SMILES string of the molecule is O=C(/C=C(\O)C(F)(F)F)C(F)(F)F.O=P(c1ccccc1-c1ccc(F)cc1)(C1CCCCC1)C1CCCCC1.O=P(c1ccccc1-c1ccc(F)cc1)(C1CCCCC1)C1CCCCC1.[Eu]. The summed E-state index contributed by atoms with van der Waals surface area (Å²) in [4.78, 5) is 9.86. The molecule has 4 fully saturated rings. The maximum absolute atomic E-state index is 14.9. The van der Waals surface area contributed by atoms with Crippen molar-refractivity contribution in [1.29, 1.82) is 0 Å². The summed E-state index contributed by atoms with van der Waals surface area (Å²) in [5.41, 5.74) is 5.39. The molecule has 4 aromatic rings. The van der Waals surface area contributed by atoms with Crippen LogP contribution in [0, 0.1) is 61.0 Å². The molecule has 4 nitrogen and oxygen atoms in total. The van der Waals surface area contributed by atoms with Crippen LogP contribution in [0.1, 0.15) is 128 Å². The molecular weight excluding hydrogens is 1070 g/mol. The van der Waals surface area contributed by atoms with Crippen LogP contribution in [0.5, 0.6) is 0 Å². The van der Waals surface area contributed by atoms with Crippen LogP contribution in [0.2, 0.25) is 0 Å². The number of aliphatic hydroxyl groups excluding tert-OH is 1. The fourth-order valence-electron chi connectivity index (χ4n) is 10.8. The van der Waals surface area contributed by atoms with Gasteiger partial charge in [-0.05, 0) is 97.9 Å². The molecule has 0 aliphatic heterocycles. The molecule has 371 valence electrons. The van der Waals surface area contributed by atoms with Gasteiger partial charge in [0.2, 0.25) is 5.76 Å². The first kappa shape index (κ1) is 56.5. The number of alkyl halides is 6. The molecule has 15 heteroatoms. The Labute approximate surface area is 436 Å². The summed E-state index contributed by atoms with van der Waals surface area (Å²) in [5, 5.41) is 10.1. The minimum absolute atomic E-state index is 0. The monoisotopic (exact) mass is 1130 g/mol. The summed E-state index contributed by atoms with van der Waals surface area (Å²) in [5.74, 6) is -5.78. The van der Waals surface area contributed by atoms with Crippen molar-refractivity contribution in [2.24, 2.45) is 0 Å². The molecule has 4 aromatic carbocycles. The standard InChI is InChI=1S/2C24H30FOP.C5H2F6O2.Eu/c2*25-20-17-15-19(16-18-20)23-13-7-8-14-24(23)27(26,21-9-3-1-4-10-21)22-11-5-2-6-12-22;6-4(7,8)2(12)1-3(13)5(9,10)11;/h2*7-8,13-18,21-22H,1-6,9-12H2;1,12H;/b;;2-1-;. The van der Waals surface area contributed by atoms with Gasteiger partial charge in [0.25, 0.3) is 5.78 Å². The van der Waals surface area contributed by atoms with Crippen molar-refractivity contribution in [3.8, 4) is 22.3 Å². The van der Waals surface area contributed by atoms with E-state index in [-0.39, 0.29) is 61.0 Å². The Bertz CT molecular complexity index is 2160. The maximum atomic E-state index is 14.9. The summed E-state index contributed by atoms with van der Waals surface area (Å²) >= 11 is 0. The van der Waals surface area contributed by atoms with Gasteiger partial charge in [-0.1, -0.05) is 150 Å². The molecular formula is C53H62EuF8O4P2. The molecule has 0 atom stereocenters. The van der Waals surface area contributed by atoms with Crippen LogP contribution < -0.4 is 10.6 Å². The number of hydrogen-bond acceptors (Lipinski definition) is 4. The maximum Gasteiger partial charge on any atom is 0.454 e. The van der Waals surface area contributed by atoms with Crippen molar-refractivity contribution >= 4 is 30.7 Å². The zero-order valence-electron chi connectivity index (χ0n) is 38.2. The number of benzene rings is 4. The first-order valence-electron chi connectivity index (χ1n) is 23.9. The van der Waals surface area contributed by atoms with E-state index in [0.717, 1.165) is 84.2 Å². The van der Waals surface area contributed by atoms with Crippen LogP contribution in [0.3, 0.4) is 0 Å². The van der Waals surface area contributed by atoms with E-state index < -0.39 is 44.3 Å². The van der Waals surface area contributed by atoms with Gasteiger partial charge < -0.3 is 14.2 Å². The Morgan fingerprint density at radius 2 is 0.735 bits per heavy atom. The molecule has 4 saturated carbocycles. The predicted octanol–water partition coefficient (Wildman–Crippen LogP) is 16.4. The van der Waals surface area contributed by atoms with E-state index in [0.29, 0.717) is 22.6 Å². The summed E-state index contributed by atoms with van der Waals surface area (Å²) in [6.45, 7) is 0. The third-order valence-electron chi connectivity index (χ3n) is 14.2. The Morgan fingerprint density at radius 1 is 0.456 bits per heavy atom. The summed E-state index contributed by atoms with van der Waals surface area (Å²) in [6, 6.07) is 29.9. The van der Waals surface area contributed by atoms with Crippen LogP contribution in [0.15, 0.2) is 109 Å². The molecule has 0 aromatic heterocycles. The Morgan fingerprint density at radius 3 is 1.00 bits per heavy atom. The van der Waals surface area contributed by atoms with Gasteiger partial charge in [-0.3, -0.25) is 4.79 Å². The zero-order chi connectivity index (χ0) is 48.2. The average Bonchev–Trinajstić information content (AvgIpc) is 3.35. The quantitative estimate of drug-likeness (QED) is 0.0785. The molecule has 4 aliphatic carbocycles. The van der Waals surface area contributed by atoms with Crippen LogP contribution >= 0.6 is 14.3 Å². The van der Waals surface area contributed by atoms with E-state index in [9.17, 15) is 49.0 Å². The molecule has 0 heterocycles. The first-order valence-corrected chi connectivity index (χ1v) is 27.6. The van der Waals surface area contributed by atoms with Gasteiger partial charge >= 0.3 is 12.4 Å². The zero-order valence-corrected chi connectivity index (χ0v) is 42.4. The third kappa shape index (κ3) is 14.4. The number of rotatable bonds is 9. The second-order valence-corrected chi connectivity index (χ2v) is 25.2. The number of allylic oxidation sites excluding steroid dienone is 2. The number of ketones is 1. The van der Waals surface area contributed by atoms with Crippen LogP contribution in [0.4, 0.5) is 35.1 Å². The van der Waals surface area contributed by atoms with E-state index in [1.54, 1.807) is 0 Å². The molecule has 0 amide bonds. The van der Waals surface area contributed by atoms with Gasteiger partial charge in [0.05, 0.1) is 0 Å². The van der Waals surface area contributed by atoms with Crippen molar-refractivity contribution in [2.45, 2.75) is 163 Å². The molecule has 4 aliphatic rings. The molecule has 0 bridgehead atoms. The van der Waals surface area contributed by atoms with Crippen molar-refractivity contribution in [1.82, 2.24) is 0 Å². The van der Waals surface area contributed by atoms with Crippen molar-refractivity contribution in [3.05, 3.63) is 121 Å². The van der Waals surface area contributed by atoms with E-state index in [1.165, 1.54) is 101 Å². The second kappa shape index (κ2) is 25.8. The number of halogens is 8. The number of carbonyl (C=O) groups excluding carboxylic acids is 1. The minimum atomic E-state index is -5.42. The number of carbonyl (C=O) groups is 1. The van der Waals surface area contributed by atoms with Gasteiger partial charge in [-0.2, -0.15) is 26.3 Å². The normalized spacial score (nSPS) is 18.6. The molecule has 68 heavy (non-hydrogen) atoms. The fraction of sp³-hybridized carbons (Fsp3) is 0.491. The first-order chi connectivity index (χ1) is 31.9. The minimum Gasteiger partial charge on any atom is -0.504 e. The number of aliphatic hydroxyl groups is 1. The topological polar surface area (TPSA) is 71.4 Å². The Hall–Kier alpha value is -2.43. The Balaban J connectivity index is 0.000000202. The largest absolute Gasteiger partial charge is 0.504 e. The smallest absolute Gasteiger partial charge is 0.454 e. The van der Waals surface area contributed by atoms with Gasteiger partial charge in [0.1, 0.15) is 25.9 Å². The molecule has 0 spiro atoms. The summed E-state index contributed by atoms with van der Waals surface area (Å²) < 4.78 is 125. The fourth-order valence-corrected chi connectivity index (χ4v) is 19.9.